The number of fused-ring (bicyclic) bond motifs is 1. The van der Waals surface area contributed by atoms with E-state index < -0.39 is 5.60 Å². The van der Waals surface area contributed by atoms with Crippen molar-refractivity contribution >= 4 is 5.91 Å². The second kappa shape index (κ2) is 6.38. The van der Waals surface area contributed by atoms with Crippen LogP contribution in [0.5, 0.6) is 0 Å². The average molecular weight is 307 g/mol. The minimum atomic E-state index is -1.13. The Bertz CT molecular complexity index is 543. The van der Waals surface area contributed by atoms with Crippen LogP contribution in [0.4, 0.5) is 0 Å². The van der Waals surface area contributed by atoms with Gasteiger partial charge >= 0.3 is 0 Å². The lowest BCUT2D eigenvalue weighted by Gasteiger charge is -2.38. The number of rotatable bonds is 4. The van der Waals surface area contributed by atoms with Gasteiger partial charge in [0, 0.05) is 25.1 Å². The number of carbonyl (C=O) groups excluding carboxylic acids is 1. The summed E-state index contributed by atoms with van der Waals surface area (Å²) in [5.74, 6) is 0.0409. The summed E-state index contributed by atoms with van der Waals surface area (Å²) in [6.07, 6.45) is 6.89. The van der Waals surface area contributed by atoms with Gasteiger partial charge in [-0.05, 0) is 44.1 Å². The molecule has 2 heterocycles. The third-order valence-corrected chi connectivity index (χ3v) is 4.92. The lowest BCUT2D eigenvalue weighted by Crippen LogP contribution is -2.52. The van der Waals surface area contributed by atoms with E-state index in [0.29, 0.717) is 25.8 Å². The summed E-state index contributed by atoms with van der Waals surface area (Å²) < 4.78 is 0. The van der Waals surface area contributed by atoms with Crippen molar-refractivity contribution in [3.05, 3.63) is 17.0 Å². The van der Waals surface area contributed by atoms with Gasteiger partial charge in [0.15, 0.2) is 0 Å². The predicted octanol–water partition coefficient (Wildman–Crippen LogP) is 0.567. The van der Waals surface area contributed by atoms with Crippen LogP contribution in [-0.4, -0.2) is 56.5 Å². The number of aliphatic hydroxyl groups is 2. The first-order valence-electron chi connectivity index (χ1n) is 8.27. The van der Waals surface area contributed by atoms with Gasteiger partial charge in [-0.3, -0.25) is 9.89 Å². The Morgan fingerprint density at radius 2 is 2.14 bits per heavy atom. The van der Waals surface area contributed by atoms with Crippen LogP contribution < -0.4 is 0 Å². The maximum absolute atomic E-state index is 12.4. The van der Waals surface area contributed by atoms with Gasteiger partial charge in [-0.15, -0.1) is 0 Å². The highest BCUT2D eigenvalue weighted by molar-refractivity contribution is 5.76. The fourth-order valence-electron chi connectivity index (χ4n) is 3.59. The summed E-state index contributed by atoms with van der Waals surface area (Å²) in [4.78, 5) is 14.0. The summed E-state index contributed by atoms with van der Waals surface area (Å²) in [6.45, 7) is 0.616. The van der Waals surface area contributed by atoms with Gasteiger partial charge < -0.3 is 15.1 Å². The number of H-pyrrole nitrogens is 1. The number of nitrogens with zero attached hydrogens (tertiary/aromatic N) is 2. The first kappa shape index (κ1) is 15.5. The van der Waals surface area contributed by atoms with Gasteiger partial charge in [0.25, 0.3) is 0 Å². The highest BCUT2D eigenvalue weighted by Gasteiger charge is 2.34. The highest BCUT2D eigenvalue weighted by atomic mass is 16.3. The van der Waals surface area contributed by atoms with Crippen LogP contribution in [0.2, 0.25) is 0 Å². The monoisotopic (exact) mass is 307 g/mol. The molecule has 2 aliphatic rings. The van der Waals surface area contributed by atoms with E-state index in [9.17, 15) is 15.0 Å². The molecule has 122 valence electrons. The minimum Gasteiger partial charge on any atom is -0.393 e. The lowest BCUT2D eigenvalue weighted by molar-refractivity contribution is -0.140. The molecule has 22 heavy (non-hydrogen) atoms. The Balaban J connectivity index is 1.57. The van der Waals surface area contributed by atoms with Crippen molar-refractivity contribution in [3.8, 4) is 0 Å². The number of hydrogen-bond donors (Lipinski definition) is 3. The smallest absolute Gasteiger partial charge is 0.223 e. The summed E-state index contributed by atoms with van der Waals surface area (Å²) in [7, 11) is 0. The van der Waals surface area contributed by atoms with Gasteiger partial charge in [-0.25, -0.2) is 0 Å². The normalized spacial score (nSPS) is 25.1. The van der Waals surface area contributed by atoms with E-state index >= 15 is 0 Å². The molecule has 1 aliphatic carbocycles. The number of piperidine rings is 1. The number of carbonyl (C=O) groups is 1. The van der Waals surface area contributed by atoms with E-state index in [0.717, 1.165) is 25.0 Å². The van der Waals surface area contributed by atoms with E-state index in [-0.39, 0.29) is 19.1 Å². The summed E-state index contributed by atoms with van der Waals surface area (Å²) in [5, 5.41) is 26.9. The number of nitrogens with one attached hydrogen (secondary N) is 1. The number of likely N-dealkylation sites (tertiary alicyclic amines) is 1. The zero-order valence-electron chi connectivity index (χ0n) is 13.0. The zero-order chi connectivity index (χ0) is 15.6. The van der Waals surface area contributed by atoms with Gasteiger partial charge in [0.05, 0.1) is 18.8 Å². The number of aliphatic hydroxyl groups excluding tert-OH is 1. The van der Waals surface area contributed by atoms with Gasteiger partial charge in [-0.1, -0.05) is 0 Å². The van der Waals surface area contributed by atoms with Crippen LogP contribution in [0.1, 0.15) is 49.1 Å². The number of β-amino-alcohol motifs (C(OH)–C–C–N with tert-alkyl or cyclic N) is 1. The summed E-state index contributed by atoms with van der Waals surface area (Å²) in [5.41, 5.74) is 2.45. The average Bonchev–Trinajstić information content (AvgIpc) is 2.96. The predicted molar refractivity (Wildman–Crippen MR) is 81.4 cm³/mol. The molecule has 1 atom stereocenters. The molecule has 1 fully saturated rings. The molecule has 6 nitrogen and oxygen atoms in total. The van der Waals surface area contributed by atoms with Gasteiger partial charge in [0.1, 0.15) is 5.60 Å². The maximum Gasteiger partial charge on any atom is 0.223 e. The van der Waals surface area contributed by atoms with Crippen LogP contribution in [0, 0.1) is 0 Å². The van der Waals surface area contributed by atoms with Crippen molar-refractivity contribution in [2.24, 2.45) is 0 Å². The number of aromatic amines is 1. The molecule has 3 rings (SSSR count). The number of hydrogen-bond acceptors (Lipinski definition) is 4. The van der Waals surface area contributed by atoms with Crippen LogP contribution in [0.15, 0.2) is 0 Å². The third kappa shape index (κ3) is 3.17. The van der Waals surface area contributed by atoms with E-state index in [2.05, 4.69) is 10.2 Å². The summed E-state index contributed by atoms with van der Waals surface area (Å²) >= 11 is 0. The Labute approximate surface area is 130 Å². The molecule has 3 N–H and O–H groups in total. The van der Waals surface area contributed by atoms with Crippen LogP contribution in [0.3, 0.4) is 0 Å². The molecular weight excluding hydrogens is 282 g/mol. The number of aromatic nitrogens is 2. The molecule has 0 saturated carbocycles. The van der Waals surface area contributed by atoms with E-state index in [1.807, 2.05) is 0 Å². The minimum absolute atomic E-state index is 0.0409. The first-order chi connectivity index (χ1) is 10.6. The number of aryl methyl sites for hydroxylation is 2. The fourth-order valence-corrected chi connectivity index (χ4v) is 3.59. The molecule has 1 amide bonds. The molecule has 0 aromatic carbocycles. The Morgan fingerprint density at radius 3 is 2.95 bits per heavy atom. The Kier molecular flexibility index (Phi) is 4.49. The topological polar surface area (TPSA) is 89.5 Å². The Hall–Kier alpha value is -1.40. The standard InChI is InChI=1S/C16H25N3O3/c20-11-16(22)8-3-9-19(10-16)15(21)7-6-14-12-4-1-2-5-13(12)17-18-14/h20,22H,1-11H2,(H,17,18)/t16-/m0/s1. The SMILES string of the molecule is O=C(CCc1n[nH]c2c1CCCC2)N1CCC[C@@](O)(CO)C1. The Morgan fingerprint density at radius 1 is 1.32 bits per heavy atom. The van der Waals surface area contributed by atoms with Crippen molar-refractivity contribution in [2.45, 2.75) is 57.0 Å². The van der Waals surface area contributed by atoms with E-state index in [1.165, 1.54) is 24.1 Å². The quantitative estimate of drug-likeness (QED) is 0.758. The van der Waals surface area contributed by atoms with Crippen molar-refractivity contribution in [1.82, 2.24) is 15.1 Å². The molecule has 6 heteroatoms. The highest BCUT2D eigenvalue weighted by Crippen LogP contribution is 2.24. The third-order valence-electron chi connectivity index (χ3n) is 4.92. The lowest BCUT2D eigenvalue weighted by atomic mass is 9.93. The van der Waals surface area contributed by atoms with E-state index in [1.54, 1.807) is 4.90 Å². The van der Waals surface area contributed by atoms with Gasteiger partial charge in [0.2, 0.25) is 5.91 Å². The molecule has 1 aromatic rings. The molecule has 1 aromatic heterocycles. The van der Waals surface area contributed by atoms with E-state index in [4.69, 9.17) is 0 Å². The molecular formula is C16H25N3O3. The first-order valence-corrected chi connectivity index (χ1v) is 8.27. The second-order valence-electron chi connectivity index (χ2n) is 6.64. The van der Waals surface area contributed by atoms with Crippen LogP contribution in [0.25, 0.3) is 0 Å². The largest absolute Gasteiger partial charge is 0.393 e. The maximum atomic E-state index is 12.4. The van der Waals surface area contributed by atoms with Crippen molar-refractivity contribution < 1.29 is 15.0 Å². The van der Waals surface area contributed by atoms with Gasteiger partial charge in [-0.2, -0.15) is 5.10 Å². The molecule has 0 radical (unpaired) electrons. The van der Waals surface area contributed by atoms with Crippen molar-refractivity contribution in [3.63, 3.8) is 0 Å². The zero-order valence-corrected chi connectivity index (χ0v) is 13.0. The van der Waals surface area contributed by atoms with Crippen LogP contribution in [-0.2, 0) is 24.1 Å². The molecule has 1 saturated heterocycles. The second-order valence-corrected chi connectivity index (χ2v) is 6.64. The van der Waals surface area contributed by atoms with Crippen molar-refractivity contribution in [2.75, 3.05) is 19.7 Å². The summed E-state index contributed by atoms with van der Waals surface area (Å²) in [6, 6.07) is 0. The molecule has 0 bridgehead atoms. The molecule has 0 spiro atoms. The van der Waals surface area contributed by atoms with Crippen molar-refractivity contribution in [1.29, 1.82) is 0 Å². The fraction of sp³-hybridized carbons (Fsp3) is 0.750. The van der Waals surface area contributed by atoms with Crippen LogP contribution >= 0.6 is 0 Å². The molecule has 0 unspecified atom stereocenters. The number of amides is 1. The molecule has 1 aliphatic heterocycles.